The quantitative estimate of drug-likeness (QED) is 0.420. The summed E-state index contributed by atoms with van der Waals surface area (Å²) in [5, 5.41) is 4.46. The summed E-state index contributed by atoms with van der Waals surface area (Å²) in [5.74, 6) is -0.693. The first-order valence-corrected chi connectivity index (χ1v) is 11.5. The molecule has 1 aliphatic heterocycles. The molecule has 3 heterocycles. The van der Waals surface area contributed by atoms with Crippen LogP contribution in [-0.4, -0.2) is 45.9 Å². The molecule has 2 aromatic carbocycles. The lowest BCUT2D eigenvalue weighted by molar-refractivity contribution is -0.122. The van der Waals surface area contributed by atoms with Crippen LogP contribution in [0, 0.1) is 6.92 Å². The fraction of sp³-hybridized carbons (Fsp3) is 0.259. The predicted octanol–water partition coefficient (Wildman–Crippen LogP) is 4.34. The summed E-state index contributed by atoms with van der Waals surface area (Å²) in [7, 11) is 0. The zero-order valence-electron chi connectivity index (χ0n) is 19.2. The van der Waals surface area contributed by atoms with E-state index in [-0.39, 0.29) is 11.8 Å². The Balaban J connectivity index is 1.72. The van der Waals surface area contributed by atoms with Gasteiger partial charge in [0.25, 0.3) is 11.8 Å². The Kier molecular flexibility index (Phi) is 5.38. The van der Waals surface area contributed by atoms with Crippen LogP contribution in [0.25, 0.3) is 33.0 Å². The Morgan fingerprint density at radius 2 is 1.64 bits per heavy atom. The molecule has 0 fully saturated rings. The molecule has 0 bridgehead atoms. The van der Waals surface area contributed by atoms with Crippen molar-refractivity contribution in [3.05, 3.63) is 71.5 Å². The van der Waals surface area contributed by atoms with Crippen LogP contribution in [0.5, 0.6) is 0 Å². The fourth-order valence-corrected chi connectivity index (χ4v) is 4.83. The molecule has 5 rings (SSSR count). The number of imide groups is 1. The van der Waals surface area contributed by atoms with E-state index in [4.69, 9.17) is 0 Å². The lowest BCUT2D eigenvalue weighted by Crippen LogP contribution is -2.26. The molecule has 6 heteroatoms. The molecule has 6 nitrogen and oxygen atoms in total. The highest BCUT2D eigenvalue weighted by molar-refractivity contribution is 6.50. The number of rotatable bonds is 7. The molecule has 0 spiro atoms. The van der Waals surface area contributed by atoms with E-state index < -0.39 is 0 Å². The first-order chi connectivity index (χ1) is 16.0. The maximum absolute atomic E-state index is 13.1. The van der Waals surface area contributed by atoms with Gasteiger partial charge in [-0.2, -0.15) is 0 Å². The van der Waals surface area contributed by atoms with Crippen LogP contribution in [0.15, 0.2) is 54.9 Å². The van der Waals surface area contributed by atoms with E-state index in [1.165, 1.54) is 0 Å². The number of nitrogens with one attached hydrogen (secondary N) is 2. The van der Waals surface area contributed by atoms with Gasteiger partial charge in [0.1, 0.15) is 0 Å². The second-order valence-corrected chi connectivity index (χ2v) is 8.56. The van der Waals surface area contributed by atoms with Crippen LogP contribution in [-0.2, 0) is 16.1 Å². The molecule has 2 N–H and O–H groups in total. The monoisotopic (exact) mass is 440 g/mol. The second kappa shape index (κ2) is 8.37. The summed E-state index contributed by atoms with van der Waals surface area (Å²) in [6, 6.07) is 14.1. The summed E-state index contributed by atoms with van der Waals surface area (Å²) < 4.78 is 2.21. The number of aromatic amines is 1. The smallest absolute Gasteiger partial charge is 0.259 e. The van der Waals surface area contributed by atoms with Gasteiger partial charge in [0.05, 0.1) is 11.1 Å². The van der Waals surface area contributed by atoms with Gasteiger partial charge in [-0.15, -0.1) is 0 Å². The Bertz CT molecular complexity index is 1420. The Labute approximate surface area is 192 Å². The highest BCUT2D eigenvalue weighted by Gasteiger charge is 2.35. The number of benzene rings is 2. The van der Waals surface area contributed by atoms with E-state index in [0.29, 0.717) is 11.1 Å². The normalized spacial score (nSPS) is 14.3. The van der Waals surface area contributed by atoms with E-state index in [0.717, 1.165) is 64.7 Å². The molecule has 0 aliphatic carbocycles. The Morgan fingerprint density at radius 1 is 0.909 bits per heavy atom. The number of H-pyrrole nitrogens is 1. The minimum atomic E-state index is -0.351. The van der Waals surface area contributed by atoms with E-state index >= 15 is 0 Å². The summed E-state index contributed by atoms with van der Waals surface area (Å²) in [5.41, 5.74) is 5.55. The minimum Gasteiger partial charge on any atom is -0.361 e. The van der Waals surface area contributed by atoms with Crippen LogP contribution in [0.3, 0.4) is 0 Å². The Morgan fingerprint density at radius 3 is 2.39 bits per heavy atom. The van der Waals surface area contributed by atoms with Crippen molar-refractivity contribution in [3.8, 4) is 0 Å². The second-order valence-electron chi connectivity index (χ2n) is 8.56. The molecule has 2 aromatic heterocycles. The molecule has 0 saturated heterocycles. The van der Waals surface area contributed by atoms with Gasteiger partial charge < -0.3 is 14.5 Å². The molecule has 0 saturated carbocycles. The summed E-state index contributed by atoms with van der Waals surface area (Å²) in [4.78, 5) is 31.7. The number of hydrogen-bond donors (Lipinski definition) is 2. The first kappa shape index (κ1) is 21.2. The number of carbonyl (C=O) groups excluding carboxylic acids is 2. The molecular formula is C27H28N4O2. The molecule has 0 radical (unpaired) electrons. The molecule has 0 unspecified atom stereocenters. The standard InChI is InChI=1S/C27H28N4O2/c1-4-30(5-2)12-13-31-16-21(19-14-17(3)10-11-23(19)31)25-24(26(32)29-27(25)33)20-15-28-22-9-7-6-8-18(20)22/h6-11,14-16,28H,4-5,12-13H2,1-3H3,(H,29,32,33). The van der Waals surface area contributed by atoms with E-state index in [2.05, 4.69) is 51.8 Å². The number of para-hydroxylation sites is 1. The van der Waals surface area contributed by atoms with Crippen LogP contribution in [0.1, 0.15) is 30.5 Å². The number of hydrogen-bond acceptors (Lipinski definition) is 3. The highest BCUT2D eigenvalue weighted by atomic mass is 16.2. The average Bonchev–Trinajstić information content (AvgIpc) is 3.47. The number of amides is 2. The van der Waals surface area contributed by atoms with Gasteiger partial charge in [0.15, 0.2) is 0 Å². The molecule has 4 aromatic rings. The zero-order valence-corrected chi connectivity index (χ0v) is 19.2. The predicted molar refractivity (Wildman–Crippen MR) is 133 cm³/mol. The van der Waals surface area contributed by atoms with Gasteiger partial charge >= 0.3 is 0 Å². The van der Waals surface area contributed by atoms with Crippen molar-refractivity contribution < 1.29 is 9.59 Å². The third kappa shape index (κ3) is 3.56. The summed E-state index contributed by atoms with van der Waals surface area (Å²) >= 11 is 0. The van der Waals surface area contributed by atoms with E-state index in [1.54, 1.807) is 0 Å². The van der Waals surface area contributed by atoms with Crippen LogP contribution >= 0.6 is 0 Å². The summed E-state index contributed by atoms with van der Waals surface area (Å²) in [6.07, 6.45) is 3.86. The zero-order chi connectivity index (χ0) is 23.1. The number of nitrogens with zero attached hydrogens (tertiary/aromatic N) is 2. The maximum atomic E-state index is 13.1. The lowest BCUT2D eigenvalue weighted by atomic mass is 9.95. The van der Waals surface area contributed by atoms with Crippen molar-refractivity contribution in [3.63, 3.8) is 0 Å². The van der Waals surface area contributed by atoms with Gasteiger partial charge in [0, 0.05) is 58.4 Å². The lowest BCUT2D eigenvalue weighted by Gasteiger charge is -2.18. The van der Waals surface area contributed by atoms with Crippen molar-refractivity contribution in [1.29, 1.82) is 0 Å². The highest BCUT2D eigenvalue weighted by Crippen LogP contribution is 2.38. The third-order valence-corrected chi connectivity index (χ3v) is 6.65. The van der Waals surface area contributed by atoms with Crippen molar-refractivity contribution in [1.82, 2.24) is 19.8 Å². The number of aryl methyl sites for hydroxylation is 1. The third-order valence-electron chi connectivity index (χ3n) is 6.65. The van der Waals surface area contributed by atoms with Gasteiger partial charge in [-0.3, -0.25) is 14.9 Å². The molecule has 168 valence electrons. The number of fused-ring (bicyclic) bond motifs is 2. The van der Waals surface area contributed by atoms with Crippen molar-refractivity contribution in [2.75, 3.05) is 19.6 Å². The van der Waals surface area contributed by atoms with Crippen LogP contribution in [0.4, 0.5) is 0 Å². The Hall–Kier alpha value is -3.64. The number of carbonyl (C=O) groups is 2. The van der Waals surface area contributed by atoms with Gasteiger partial charge in [0.2, 0.25) is 0 Å². The van der Waals surface area contributed by atoms with Gasteiger partial charge in [-0.25, -0.2) is 0 Å². The SMILES string of the molecule is CCN(CC)CCn1cc(C2=C(c3c[nH]c4ccccc34)C(=O)NC2=O)c2cc(C)ccc21. The average molecular weight is 441 g/mol. The number of likely N-dealkylation sites (N-methyl/N-ethyl adjacent to an activating group) is 1. The summed E-state index contributed by atoms with van der Waals surface area (Å²) in [6.45, 7) is 10.1. The largest absolute Gasteiger partial charge is 0.361 e. The first-order valence-electron chi connectivity index (χ1n) is 11.5. The number of aromatic nitrogens is 2. The molecule has 2 amide bonds. The molecule has 33 heavy (non-hydrogen) atoms. The molecular weight excluding hydrogens is 412 g/mol. The van der Waals surface area contributed by atoms with Crippen LogP contribution in [0.2, 0.25) is 0 Å². The van der Waals surface area contributed by atoms with Crippen molar-refractivity contribution >= 4 is 44.8 Å². The van der Waals surface area contributed by atoms with Crippen molar-refractivity contribution in [2.24, 2.45) is 0 Å². The molecule has 0 atom stereocenters. The maximum Gasteiger partial charge on any atom is 0.259 e. The molecule has 1 aliphatic rings. The minimum absolute atomic E-state index is 0.343. The van der Waals surface area contributed by atoms with Gasteiger partial charge in [-0.1, -0.05) is 43.7 Å². The van der Waals surface area contributed by atoms with E-state index in [9.17, 15) is 9.59 Å². The van der Waals surface area contributed by atoms with Crippen molar-refractivity contribution in [2.45, 2.75) is 27.3 Å². The van der Waals surface area contributed by atoms with Gasteiger partial charge in [-0.05, 0) is 38.2 Å². The van der Waals surface area contributed by atoms with Crippen LogP contribution < -0.4 is 5.32 Å². The fourth-order valence-electron chi connectivity index (χ4n) is 4.83. The van der Waals surface area contributed by atoms with E-state index in [1.807, 2.05) is 43.6 Å². The topological polar surface area (TPSA) is 70.1 Å².